The Balaban J connectivity index is 1.61. The second-order valence-electron chi connectivity index (χ2n) is 7.49. The minimum absolute atomic E-state index is 0.710. The van der Waals surface area contributed by atoms with Crippen molar-refractivity contribution in [3.8, 4) is 5.82 Å². The molecule has 0 aliphatic rings. The molecule has 0 fully saturated rings. The molecule has 0 bridgehead atoms. The van der Waals surface area contributed by atoms with E-state index in [0.717, 1.165) is 36.5 Å². The Morgan fingerprint density at radius 3 is 2.69 bits per heavy atom. The molecule has 0 unspecified atom stereocenters. The van der Waals surface area contributed by atoms with Crippen LogP contribution in [0.25, 0.3) is 16.9 Å². The van der Waals surface area contributed by atoms with Crippen molar-refractivity contribution >= 4 is 11.0 Å². The SMILES string of the molecule is CCCCn1[c-][n+](Cc2cccc(-n3[c-][n+](CCCC)c4ccccc43)n2)cc1. The number of fused-ring (bicyclic) bond motifs is 1. The van der Waals surface area contributed by atoms with Crippen LogP contribution in [0, 0.1) is 12.7 Å². The van der Waals surface area contributed by atoms with Gasteiger partial charge in [0.25, 0.3) is 0 Å². The highest BCUT2D eigenvalue weighted by Crippen LogP contribution is 2.16. The smallest absolute Gasteiger partial charge is 0.245 e. The third-order valence-corrected chi connectivity index (χ3v) is 5.16. The predicted molar refractivity (Wildman–Crippen MR) is 112 cm³/mol. The minimum atomic E-state index is 0.710. The van der Waals surface area contributed by atoms with E-state index in [0.29, 0.717) is 6.54 Å². The number of hydrogen-bond acceptors (Lipinski definition) is 1. The van der Waals surface area contributed by atoms with Crippen LogP contribution in [0.1, 0.15) is 45.2 Å². The molecule has 4 aromatic rings. The summed E-state index contributed by atoms with van der Waals surface area (Å²) < 4.78 is 8.48. The molecule has 5 heteroatoms. The lowest BCUT2D eigenvalue weighted by atomic mass is 10.3. The molecule has 5 nitrogen and oxygen atoms in total. The van der Waals surface area contributed by atoms with Gasteiger partial charge in [0.05, 0.1) is 29.8 Å². The fourth-order valence-corrected chi connectivity index (χ4v) is 3.56. The summed E-state index contributed by atoms with van der Waals surface area (Å²) in [6.45, 7) is 7.12. The summed E-state index contributed by atoms with van der Waals surface area (Å²) in [7, 11) is 0. The number of hydrogen-bond donors (Lipinski definition) is 0. The lowest BCUT2D eigenvalue weighted by Gasteiger charge is -2.07. The monoisotopic (exact) mass is 387 g/mol. The van der Waals surface area contributed by atoms with Gasteiger partial charge in [0, 0.05) is 0 Å². The third-order valence-electron chi connectivity index (χ3n) is 5.16. The molecule has 0 radical (unpaired) electrons. The summed E-state index contributed by atoms with van der Waals surface area (Å²) in [5.74, 6) is 0.903. The van der Waals surface area contributed by atoms with E-state index in [1.807, 2.05) is 0 Å². The van der Waals surface area contributed by atoms with Crippen LogP contribution in [0.3, 0.4) is 0 Å². The molecule has 0 N–H and O–H groups in total. The second-order valence-corrected chi connectivity index (χ2v) is 7.49. The number of unbranched alkanes of at least 4 members (excludes halogenated alkanes) is 2. The summed E-state index contributed by atoms with van der Waals surface area (Å²) in [6, 6.07) is 14.7. The molecule has 1 aromatic carbocycles. The number of aryl methyl sites for hydroxylation is 2. The third kappa shape index (κ3) is 4.39. The highest BCUT2D eigenvalue weighted by Gasteiger charge is 2.10. The number of para-hydroxylation sites is 2. The number of pyridine rings is 1. The molecule has 0 spiro atoms. The quantitative estimate of drug-likeness (QED) is 0.318. The summed E-state index contributed by atoms with van der Waals surface area (Å²) in [5, 5.41) is 0. The van der Waals surface area contributed by atoms with Crippen molar-refractivity contribution in [3.63, 3.8) is 0 Å². The van der Waals surface area contributed by atoms with Crippen LogP contribution in [-0.2, 0) is 19.6 Å². The van der Waals surface area contributed by atoms with Crippen molar-refractivity contribution in [2.24, 2.45) is 0 Å². The first kappa shape index (κ1) is 19.4. The van der Waals surface area contributed by atoms with Crippen molar-refractivity contribution in [2.75, 3.05) is 0 Å². The number of benzene rings is 1. The van der Waals surface area contributed by atoms with E-state index >= 15 is 0 Å². The Bertz CT molecular complexity index is 1080. The first-order chi connectivity index (χ1) is 14.3. The van der Waals surface area contributed by atoms with Gasteiger partial charge in [0.2, 0.25) is 12.7 Å². The number of aromatic nitrogens is 5. The van der Waals surface area contributed by atoms with Crippen LogP contribution in [0.15, 0.2) is 54.9 Å². The van der Waals surface area contributed by atoms with E-state index in [-0.39, 0.29) is 0 Å². The van der Waals surface area contributed by atoms with Gasteiger partial charge < -0.3 is 18.3 Å². The van der Waals surface area contributed by atoms with Gasteiger partial charge >= 0.3 is 0 Å². The topological polar surface area (TPSA) is 30.5 Å². The molecular weight excluding hydrogens is 358 g/mol. The van der Waals surface area contributed by atoms with E-state index in [4.69, 9.17) is 4.98 Å². The van der Waals surface area contributed by atoms with Crippen LogP contribution >= 0.6 is 0 Å². The van der Waals surface area contributed by atoms with Gasteiger partial charge in [-0.25, -0.2) is 0 Å². The molecule has 0 aliphatic carbocycles. The minimum Gasteiger partial charge on any atom is -0.351 e. The molecule has 0 amide bonds. The molecule has 150 valence electrons. The van der Waals surface area contributed by atoms with Gasteiger partial charge in [-0.05, 0) is 37.4 Å². The predicted octanol–water partition coefficient (Wildman–Crippen LogP) is 3.65. The molecular formula is C24H29N5. The molecule has 0 aliphatic heterocycles. The molecule has 29 heavy (non-hydrogen) atoms. The Morgan fingerprint density at radius 2 is 1.83 bits per heavy atom. The largest absolute Gasteiger partial charge is 0.351 e. The van der Waals surface area contributed by atoms with Crippen molar-refractivity contribution < 1.29 is 9.13 Å². The van der Waals surface area contributed by atoms with Crippen LogP contribution in [-0.4, -0.2) is 14.1 Å². The fraction of sp³-hybridized carbons (Fsp3) is 0.375. The fourth-order valence-electron chi connectivity index (χ4n) is 3.56. The lowest BCUT2D eigenvalue weighted by molar-refractivity contribution is -0.692. The zero-order chi connectivity index (χ0) is 20.1. The van der Waals surface area contributed by atoms with E-state index in [1.54, 1.807) is 0 Å². The van der Waals surface area contributed by atoms with Gasteiger partial charge in [-0.2, -0.15) is 0 Å². The van der Waals surface area contributed by atoms with Gasteiger partial charge in [-0.3, -0.25) is 4.98 Å². The molecule has 0 atom stereocenters. The lowest BCUT2D eigenvalue weighted by Crippen LogP contribution is -2.33. The standard InChI is InChI=1S/C24H29N5/c1-3-5-14-26-16-17-27(19-26)18-21-10-9-13-24(25-21)29-20-28(15-6-4-2)22-11-7-8-12-23(22)29/h7-13,16-17H,3-6,14-15,18H2,1-2H3. The summed E-state index contributed by atoms with van der Waals surface area (Å²) in [5.41, 5.74) is 3.35. The van der Waals surface area contributed by atoms with E-state index in [2.05, 4.69) is 99.6 Å². The van der Waals surface area contributed by atoms with Crippen molar-refractivity contribution in [2.45, 2.75) is 59.2 Å². The highest BCUT2D eigenvalue weighted by atomic mass is 15.2. The maximum Gasteiger partial charge on any atom is 0.245 e. The van der Waals surface area contributed by atoms with E-state index in [9.17, 15) is 0 Å². The van der Waals surface area contributed by atoms with Crippen LogP contribution in [0.2, 0.25) is 0 Å². The number of nitrogens with zero attached hydrogens (tertiary/aromatic N) is 5. The summed E-state index contributed by atoms with van der Waals surface area (Å²) in [4.78, 5) is 4.92. The van der Waals surface area contributed by atoms with Gasteiger partial charge in [-0.1, -0.05) is 57.0 Å². The van der Waals surface area contributed by atoms with Crippen LogP contribution in [0.5, 0.6) is 0 Å². The maximum atomic E-state index is 4.92. The average molecular weight is 388 g/mol. The first-order valence-corrected chi connectivity index (χ1v) is 10.7. The van der Waals surface area contributed by atoms with Crippen LogP contribution < -0.4 is 9.13 Å². The first-order valence-electron chi connectivity index (χ1n) is 10.7. The van der Waals surface area contributed by atoms with Gasteiger partial charge in [0.1, 0.15) is 12.4 Å². The highest BCUT2D eigenvalue weighted by molar-refractivity contribution is 5.73. The molecule has 0 saturated carbocycles. The molecule has 0 saturated heterocycles. The zero-order valence-corrected chi connectivity index (χ0v) is 17.4. The Hall–Kier alpha value is -2.95. The normalized spacial score (nSPS) is 11.4. The van der Waals surface area contributed by atoms with Gasteiger partial charge in [0.15, 0.2) is 0 Å². The number of rotatable bonds is 9. The molecule has 3 aromatic heterocycles. The maximum absolute atomic E-state index is 4.92. The summed E-state index contributed by atoms with van der Waals surface area (Å²) >= 11 is 0. The van der Waals surface area contributed by atoms with E-state index < -0.39 is 0 Å². The molecule has 4 rings (SSSR count). The Labute approximate surface area is 172 Å². The van der Waals surface area contributed by atoms with Crippen molar-refractivity contribution in [1.82, 2.24) is 14.1 Å². The van der Waals surface area contributed by atoms with Crippen LogP contribution in [0.4, 0.5) is 0 Å². The number of imidazole rings is 2. The Morgan fingerprint density at radius 1 is 0.966 bits per heavy atom. The van der Waals surface area contributed by atoms with E-state index in [1.165, 1.54) is 24.8 Å². The molecule has 3 heterocycles. The van der Waals surface area contributed by atoms with Crippen molar-refractivity contribution in [3.05, 3.63) is 73.2 Å². The average Bonchev–Trinajstić information content (AvgIpc) is 3.35. The summed E-state index contributed by atoms with van der Waals surface area (Å²) in [6.07, 6.45) is 15.7. The van der Waals surface area contributed by atoms with Crippen molar-refractivity contribution in [1.29, 1.82) is 0 Å². The zero-order valence-electron chi connectivity index (χ0n) is 17.4. The van der Waals surface area contributed by atoms with Gasteiger partial charge in [-0.15, -0.1) is 0 Å². The Kier molecular flexibility index (Phi) is 6.03. The second kappa shape index (κ2) is 9.03.